The molecule has 0 bridgehead atoms. The molecule has 1 N–H and O–H groups in total. The molecule has 1 atom stereocenters. The highest BCUT2D eigenvalue weighted by Crippen LogP contribution is 2.39. The number of carbonyl (C=O) groups is 2. The number of likely N-dealkylation sites (tertiary alicyclic amines) is 1. The molecule has 7 nitrogen and oxygen atoms in total. The molecule has 1 unspecified atom stereocenters. The molecule has 140 valence electrons. The van der Waals surface area contributed by atoms with Crippen LogP contribution < -0.4 is 0 Å². The van der Waals surface area contributed by atoms with Crippen LogP contribution >= 0.6 is 0 Å². The van der Waals surface area contributed by atoms with E-state index in [1.54, 1.807) is 17.9 Å². The maximum atomic E-state index is 13.3. The number of carbonyl (C=O) groups excluding carboxylic acids is 1. The number of aromatic nitrogens is 2. The molecule has 7 heteroatoms. The summed E-state index contributed by atoms with van der Waals surface area (Å²) in [6.07, 6.45) is 0.458. The third kappa shape index (κ3) is 2.75. The topological polar surface area (TPSA) is 96.5 Å². The zero-order chi connectivity index (χ0) is 19.2. The van der Waals surface area contributed by atoms with E-state index >= 15 is 0 Å². The minimum absolute atomic E-state index is 0.0567. The Kier molecular flexibility index (Phi) is 4.50. The molecule has 1 aliphatic heterocycles. The Balaban J connectivity index is 2.03. The van der Waals surface area contributed by atoms with Crippen LogP contribution in [-0.4, -0.2) is 45.1 Å². The molecule has 26 heavy (non-hydrogen) atoms. The highest BCUT2D eigenvalue weighted by molar-refractivity contribution is 6.06. The summed E-state index contributed by atoms with van der Waals surface area (Å²) >= 11 is 0. The summed E-state index contributed by atoms with van der Waals surface area (Å²) in [5.41, 5.74) is 1.31. The summed E-state index contributed by atoms with van der Waals surface area (Å²) in [5.74, 6) is -0.955. The predicted octanol–water partition coefficient (Wildman–Crippen LogP) is 3.23. The fraction of sp³-hybridized carbons (Fsp3) is 0.579. The first-order valence-electron chi connectivity index (χ1n) is 8.97. The number of aryl methyl sites for hydroxylation is 1. The second-order valence-corrected chi connectivity index (χ2v) is 7.79. The average Bonchev–Trinajstić information content (AvgIpc) is 3.19. The monoisotopic (exact) mass is 359 g/mol. The van der Waals surface area contributed by atoms with E-state index in [2.05, 4.69) is 10.1 Å². The van der Waals surface area contributed by atoms with Crippen molar-refractivity contribution in [2.75, 3.05) is 13.1 Å². The van der Waals surface area contributed by atoms with Crippen LogP contribution in [0.5, 0.6) is 0 Å². The Morgan fingerprint density at radius 2 is 2.00 bits per heavy atom. The molecule has 3 rings (SSSR count). The molecule has 1 saturated heterocycles. The summed E-state index contributed by atoms with van der Waals surface area (Å²) in [6.45, 7) is 10.2. The van der Waals surface area contributed by atoms with E-state index in [1.165, 1.54) is 0 Å². The van der Waals surface area contributed by atoms with Crippen LogP contribution in [0.3, 0.4) is 0 Å². The third-order valence-corrected chi connectivity index (χ3v) is 5.58. The number of nitrogens with zero attached hydrogens (tertiary/aromatic N) is 3. The normalized spacial score (nSPS) is 20.5. The maximum absolute atomic E-state index is 13.3. The molecular weight excluding hydrogens is 334 g/mol. The summed E-state index contributed by atoms with van der Waals surface area (Å²) in [7, 11) is 0. The van der Waals surface area contributed by atoms with Gasteiger partial charge in [0, 0.05) is 18.8 Å². The summed E-state index contributed by atoms with van der Waals surface area (Å²) in [6, 6.07) is 1.79. The van der Waals surface area contributed by atoms with Crippen molar-refractivity contribution in [3.8, 4) is 0 Å². The van der Waals surface area contributed by atoms with Gasteiger partial charge >= 0.3 is 5.97 Å². The van der Waals surface area contributed by atoms with Crippen molar-refractivity contribution < 1.29 is 19.2 Å². The van der Waals surface area contributed by atoms with E-state index in [-0.39, 0.29) is 24.3 Å². The Hall–Kier alpha value is -2.44. The molecule has 0 saturated carbocycles. The van der Waals surface area contributed by atoms with Gasteiger partial charge in [-0.2, -0.15) is 0 Å². The summed E-state index contributed by atoms with van der Waals surface area (Å²) < 4.78 is 5.28. The largest absolute Gasteiger partial charge is 0.481 e. The second kappa shape index (κ2) is 6.37. The van der Waals surface area contributed by atoms with Crippen LogP contribution in [0.2, 0.25) is 0 Å². The minimum atomic E-state index is -0.896. The fourth-order valence-corrected chi connectivity index (χ4v) is 3.65. The van der Waals surface area contributed by atoms with Crippen molar-refractivity contribution in [2.24, 2.45) is 11.3 Å². The van der Waals surface area contributed by atoms with Gasteiger partial charge < -0.3 is 14.5 Å². The van der Waals surface area contributed by atoms with Gasteiger partial charge in [-0.25, -0.2) is 4.98 Å². The quantitative estimate of drug-likeness (QED) is 0.900. The predicted molar refractivity (Wildman–Crippen MR) is 96.1 cm³/mol. The van der Waals surface area contributed by atoms with E-state index < -0.39 is 11.4 Å². The number of hydrogen-bond donors (Lipinski definition) is 1. The fourth-order valence-electron chi connectivity index (χ4n) is 3.65. The molecule has 3 heterocycles. The first-order chi connectivity index (χ1) is 12.2. The molecule has 1 aliphatic rings. The molecule has 1 amide bonds. The molecule has 0 aromatic carbocycles. The highest BCUT2D eigenvalue weighted by atomic mass is 16.5. The zero-order valence-electron chi connectivity index (χ0n) is 15.9. The van der Waals surface area contributed by atoms with Gasteiger partial charge in [-0.05, 0) is 31.2 Å². The molecular formula is C19H25N3O4. The number of hydrogen-bond acceptors (Lipinski definition) is 5. The van der Waals surface area contributed by atoms with Gasteiger partial charge in [0.2, 0.25) is 0 Å². The van der Waals surface area contributed by atoms with Crippen molar-refractivity contribution in [3.63, 3.8) is 0 Å². The average molecular weight is 359 g/mol. The van der Waals surface area contributed by atoms with Gasteiger partial charge in [0.1, 0.15) is 0 Å². The van der Waals surface area contributed by atoms with Crippen LogP contribution in [0.4, 0.5) is 0 Å². The molecule has 2 aromatic rings. The number of rotatable bonds is 4. The zero-order valence-corrected chi connectivity index (χ0v) is 15.9. The molecule has 0 aliphatic carbocycles. The van der Waals surface area contributed by atoms with Gasteiger partial charge in [0.05, 0.1) is 22.1 Å². The van der Waals surface area contributed by atoms with Gasteiger partial charge in [0.25, 0.3) is 11.6 Å². The first kappa shape index (κ1) is 18.4. The first-order valence-corrected chi connectivity index (χ1v) is 8.97. The van der Waals surface area contributed by atoms with E-state index in [0.717, 1.165) is 5.69 Å². The van der Waals surface area contributed by atoms with Crippen molar-refractivity contribution in [3.05, 3.63) is 23.0 Å². The van der Waals surface area contributed by atoms with E-state index in [0.29, 0.717) is 35.3 Å². The molecule has 2 aromatic heterocycles. The lowest BCUT2D eigenvalue weighted by molar-refractivity contribution is -0.150. The van der Waals surface area contributed by atoms with Gasteiger partial charge in [-0.1, -0.05) is 32.9 Å². The standard InChI is InChI=1S/C19H25N3O4/c1-10(2)14-8-13(15-12(5)21-26-16(15)20-14)17(23)22-7-6-19(9-22,11(3)4)18(24)25/h8,10-11H,6-7,9H2,1-5H3,(H,24,25). The van der Waals surface area contributed by atoms with E-state index in [9.17, 15) is 14.7 Å². The Labute approximate surface area is 152 Å². The van der Waals surface area contributed by atoms with E-state index in [4.69, 9.17) is 4.52 Å². The van der Waals surface area contributed by atoms with Gasteiger partial charge in [-0.15, -0.1) is 0 Å². The second-order valence-electron chi connectivity index (χ2n) is 7.79. The lowest BCUT2D eigenvalue weighted by atomic mass is 9.76. The maximum Gasteiger partial charge on any atom is 0.311 e. The number of fused-ring (bicyclic) bond motifs is 1. The van der Waals surface area contributed by atoms with Crippen molar-refractivity contribution in [1.29, 1.82) is 0 Å². The van der Waals surface area contributed by atoms with Crippen molar-refractivity contribution in [2.45, 2.75) is 47.0 Å². The van der Waals surface area contributed by atoms with Crippen LogP contribution in [-0.2, 0) is 4.79 Å². The summed E-state index contributed by atoms with van der Waals surface area (Å²) in [4.78, 5) is 31.2. The van der Waals surface area contributed by atoms with Crippen LogP contribution in [0.25, 0.3) is 11.1 Å². The van der Waals surface area contributed by atoms with Crippen molar-refractivity contribution >= 4 is 23.0 Å². The van der Waals surface area contributed by atoms with Crippen LogP contribution in [0.1, 0.15) is 61.8 Å². The number of amides is 1. The smallest absolute Gasteiger partial charge is 0.311 e. The van der Waals surface area contributed by atoms with E-state index in [1.807, 2.05) is 27.7 Å². The number of carboxylic acid groups (broad SMARTS) is 1. The lowest BCUT2D eigenvalue weighted by Crippen LogP contribution is -2.40. The highest BCUT2D eigenvalue weighted by Gasteiger charge is 2.48. The molecule has 0 spiro atoms. The molecule has 0 radical (unpaired) electrons. The Morgan fingerprint density at radius 1 is 1.31 bits per heavy atom. The third-order valence-electron chi connectivity index (χ3n) is 5.58. The van der Waals surface area contributed by atoms with Crippen molar-refractivity contribution in [1.82, 2.24) is 15.0 Å². The van der Waals surface area contributed by atoms with Crippen LogP contribution in [0.15, 0.2) is 10.6 Å². The van der Waals surface area contributed by atoms with Gasteiger partial charge in [-0.3, -0.25) is 9.59 Å². The summed E-state index contributed by atoms with van der Waals surface area (Å²) in [5, 5.41) is 14.3. The Bertz CT molecular complexity index is 871. The molecule has 1 fully saturated rings. The minimum Gasteiger partial charge on any atom is -0.481 e. The van der Waals surface area contributed by atoms with Gasteiger partial charge in [0.15, 0.2) is 0 Å². The Morgan fingerprint density at radius 3 is 2.54 bits per heavy atom. The lowest BCUT2D eigenvalue weighted by Gasteiger charge is -2.28. The number of aliphatic carboxylic acids is 1. The van der Waals surface area contributed by atoms with Crippen LogP contribution in [0, 0.1) is 18.3 Å². The SMILES string of the molecule is Cc1noc2nc(C(C)C)cc(C(=O)N3CCC(C(=O)O)(C(C)C)C3)c12. The number of carboxylic acids is 1. The number of pyridine rings is 1.